The number of hydrogen-bond acceptors (Lipinski definition) is 4. The molecule has 7 heteroatoms. The molecule has 0 N–H and O–H groups in total. The summed E-state index contributed by atoms with van der Waals surface area (Å²) in [5.74, 6) is 1.39. The maximum absolute atomic E-state index is 12.8. The first-order chi connectivity index (χ1) is 11.0. The molecule has 0 saturated heterocycles. The molecule has 3 rings (SSSR count). The van der Waals surface area contributed by atoms with Crippen molar-refractivity contribution >= 4 is 38.4 Å². The van der Waals surface area contributed by atoms with Crippen LogP contribution in [0.15, 0.2) is 39.7 Å². The van der Waals surface area contributed by atoms with Crippen molar-refractivity contribution in [1.82, 2.24) is 14.5 Å². The van der Waals surface area contributed by atoms with E-state index in [0.29, 0.717) is 27.7 Å². The molecule has 0 unspecified atom stereocenters. The highest BCUT2D eigenvalue weighted by Crippen LogP contribution is 2.26. The third-order valence-electron chi connectivity index (χ3n) is 3.59. The number of aromatic nitrogens is 3. The van der Waals surface area contributed by atoms with Crippen molar-refractivity contribution in [2.75, 3.05) is 7.11 Å². The predicted octanol–water partition coefficient (Wildman–Crippen LogP) is 3.57. The van der Waals surface area contributed by atoms with E-state index >= 15 is 0 Å². The minimum absolute atomic E-state index is 0.153. The number of pyridine rings is 1. The van der Waals surface area contributed by atoms with Gasteiger partial charge in [0, 0.05) is 0 Å². The number of halogens is 2. The van der Waals surface area contributed by atoms with Gasteiger partial charge in [0.1, 0.15) is 16.7 Å². The molecule has 3 aromatic rings. The van der Waals surface area contributed by atoms with Gasteiger partial charge in [-0.1, -0.05) is 23.7 Å². The van der Waals surface area contributed by atoms with Gasteiger partial charge in [-0.3, -0.25) is 9.36 Å². The smallest absolute Gasteiger partial charge is 0.263 e. The fourth-order valence-electron chi connectivity index (χ4n) is 2.36. The van der Waals surface area contributed by atoms with Crippen LogP contribution < -0.4 is 10.3 Å². The van der Waals surface area contributed by atoms with Gasteiger partial charge in [0.2, 0.25) is 0 Å². The maximum atomic E-state index is 12.8. The quantitative estimate of drug-likeness (QED) is 0.637. The Labute approximate surface area is 146 Å². The van der Waals surface area contributed by atoms with E-state index in [9.17, 15) is 4.79 Å². The summed E-state index contributed by atoms with van der Waals surface area (Å²) in [6.45, 7) is 2.22. The molecule has 0 atom stereocenters. The molecule has 0 radical (unpaired) electrons. The molecule has 0 fully saturated rings. The molecule has 118 valence electrons. The van der Waals surface area contributed by atoms with Crippen molar-refractivity contribution in [3.8, 4) is 5.75 Å². The van der Waals surface area contributed by atoms with Crippen LogP contribution in [0.2, 0.25) is 5.15 Å². The summed E-state index contributed by atoms with van der Waals surface area (Å²) >= 11 is 9.33. The largest absolute Gasteiger partial charge is 0.497 e. The number of rotatable bonds is 3. The summed E-state index contributed by atoms with van der Waals surface area (Å²) in [7, 11) is 1.62. The van der Waals surface area contributed by atoms with Gasteiger partial charge in [-0.25, -0.2) is 9.97 Å². The summed E-state index contributed by atoms with van der Waals surface area (Å²) in [5.41, 5.74) is 1.35. The van der Waals surface area contributed by atoms with Gasteiger partial charge >= 0.3 is 0 Å². The van der Waals surface area contributed by atoms with E-state index < -0.39 is 0 Å². The first kappa shape index (κ1) is 16.0. The standard InChI is InChI=1S/C16H13BrClN3O2/c1-9-20-12-7-19-15(18)14(17)13(12)16(22)21(9)8-10-3-5-11(23-2)6-4-10/h3-7H,8H2,1-2H3. The molecule has 0 bridgehead atoms. The van der Waals surface area contributed by atoms with Crippen LogP contribution in [-0.4, -0.2) is 21.6 Å². The second-order valence-corrected chi connectivity index (χ2v) is 6.17. The molecule has 0 aliphatic rings. The topological polar surface area (TPSA) is 57.0 Å². The molecule has 0 aliphatic carbocycles. The number of methoxy groups -OCH3 is 1. The van der Waals surface area contributed by atoms with Crippen molar-refractivity contribution in [2.45, 2.75) is 13.5 Å². The number of aryl methyl sites for hydroxylation is 1. The molecule has 23 heavy (non-hydrogen) atoms. The Bertz CT molecular complexity index is 939. The zero-order chi connectivity index (χ0) is 16.6. The fraction of sp³-hybridized carbons (Fsp3) is 0.188. The van der Waals surface area contributed by atoms with E-state index in [1.807, 2.05) is 24.3 Å². The molecule has 0 saturated carbocycles. The summed E-state index contributed by atoms with van der Waals surface area (Å²) in [4.78, 5) is 21.3. The second-order valence-electron chi connectivity index (χ2n) is 5.02. The first-order valence-electron chi connectivity index (χ1n) is 6.85. The van der Waals surface area contributed by atoms with E-state index in [1.165, 1.54) is 6.20 Å². The number of ether oxygens (including phenoxy) is 1. The average molecular weight is 395 g/mol. The normalized spacial score (nSPS) is 11.0. The van der Waals surface area contributed by atoms with Gasteiger partial charge in [-0.2, -0.15) is 0 Å². The lowest BCUT2D eigenvalue weighted by atomic mass is 10.2. The van der Waals surface area contributed by atoms with Crippen LogP contribution in [0, 0.1) is 6.92 Å². The number of nitrogens with zero attached hydrogens (tertiary/aromatic N) is 3. The molecular formula is C16H13BrClN3O2. The van der Waals surface area contributed by atoms with Crippen LogP contribution in [0.3, 0.4) is 0 Å². The summed E-state index contributed by atoms with van der Waals surface area (Å²) in [6, 6.07) is 7.56. The van der Waals surface area contributed by atoms with Gasteiger partial charge < -0.3 is 4.74 Å². The van der Waals surface area contributed by atoms with Crippen molar-refractivity contribution in [1.29, 1.82) is 0 Å². The molecule has 0 spiro atoms. The Morgan fingerprint density at radius 1 is 1.30 bits per heavy atom. The van der Waals surface area contributed by atoms with E-state index in [2.05, 4.69) is 25.9 Å². The first-order valence-corrected chi connectivity index (χ1v) is 8.02. The Balaban J connectivity index is 2.13. The minimum Gasteiger partial charge on any atom is -0.497 e. The molecule has 0 amide bonds. The molecule has 2 heterocycles. The van der Waals surface area contributed by atoms with E-state index in [-0.39, 0.29) is 10.7 Å². The monoisotopic (exact) mass is 393 g/mol. The lowest BCUT2D eigenvalue weighted by Crippen LogP contribution is -2.25. The number of fused-ring (bicyclic) bond motifs is 1. The summed E-state index contributed by atoms with van der Waals surface area (Å²) < 4.78 is 7.23. The zero-order valence-corrected chi connectivity index (χ0v) is 14.8. The number of benzene rings is 1. The van der Waals surface area contributed by atoms with Crippen LogP contribution in [0.4, 0.5) is 0 Å². The highest BCUT2D eigenvalue weighted by atomic mass is 79.9. The third kappa shape index (κ3) is 2.96. The van der Waals surface area contributed by atoms with Gasteiger partial charge in [-0.15, -0.1) is 0 Å². The van der Waals surface area contributed by atoms with Gasteiger partial charge in [0.25, 0.3) is 5.56 Å². The fourth-order valence-corrected chi connectivity index (χ4v) is 2.98. The van der Waals surface area contributed by atoms with Gasteiger partial charge in [0.05, 0.1) is 35.2 Å². The van der Waals surface area contributed by atoms with Crippen LogP contribution in [0.5, 0.6) is 5.75 Å². The molecule has 1 aromatic carbocycles. The SMILES string of the molecule is COc1ccc(Cn2c(C)nc3cnc(Cl)c(Br)c3c2=O)cc1. The van der Waals surface area contributed by atoms with E-state index in [0.717, 1.165) is 11.3 Å². The Morgan fingerprint density at radius 3 is 2.65 bits per heavy atom. The predicted molar refractivity (Wildman–Crippen MR) is 93.3 cm³/mol. The van der Waals surface area contributed by atoms with Crippen molar-refractivity contribution in [2.24, 2.45) is 0 Å². The van der Waals surface area contributed by atoms with Gasteiger partial charge in [0.15, 0.2) is 0 Å². The maximum Gasteiger partial charge on any atom is 0.263 e. The van der Waals surface area contributed by atoms with Crippen LogP contribution in [-0.2, 0) is 6.54 Å². The average Bonchev–Trinajstić information content (AvgIpc) is 2.55. The minimum atomic E-state index is -0.153. The van der Waals surface area contributed by atoms with Gasteiger partial charge in [-0.05, 0) is 40.5 Å². The van der Waals surface area contributed by atoms with Crippen molar-refractivity contribution in [3.63, 3.8) is 0 Å². The lowest BCUT2D eigenvalue weighted by molar-refractivity contribution is 0.414. The zero-order valence-electron chi connectivity index (χ0n) is 12.5. The van der Waals surface area contributed by atoms with Crippen molar-refractivity contribution < 1.29 is 4.74 Å². The highest BCUT2D eigenvalue weighted by molar-refractivity contribution is 9.10. The van der Waals surface area contributed by atoms with Crippen LogP contribution in [0.25, 0.3) is 10.9 Å². The number of hydrogen-bond donors (Lipinski definition) is 0. The summed E-state index contributed by atoms with van der Waals surface area (Å²) in [6.07, 6.45) is 1.51. The van der Waals surface area contributed by atoms with Crippen LogP contribution in [0.1, 0.15) is 11.4 Å². The molecule has 5 nitrogen and oxygen atoms in total. The molecule has 0 aliphatic heterocycles. The van der Waals surface area contributed by atoms with Crippen molar-refractivity contribution in [3.05, 3.63) is 61.8 Å². The van der Waals surface area contributed by atoms with E-state index in [1.54, 1.807) is 18.6 Å². The Morgan fingerprint density at radius 2 is 2.00 bits per heavy atom. The molecular weight excluding hydrogens is 382 g/mol. The third-order valence-corrected chi connectivity index (χ3v) is 4.88. The van der Waals surface area contributed by atoms with E-state index in [4.69, 9.17) is 16.3 Å². The molecule has 2 aromatic heterocycles. The Kier molecular flexibility index (Phi) is 4.37. The lowest BCUT2D eigenvalue weighted by Gasteiger charge is -2.12. The Hall–Kier alpha value is -1.92. The second kappa shape index (κ2) is 6.29. The summed E-state index contributed by atoms with van der Waals surface area (Å²) in [5, 5.41) is 0.681. The van der Waals surface area contributed by atoms with Crippen LogP contribution >= 0.6 is 27.5 Å². The highest BCUT2D eigenvalue weighted by Gasteiger charge is 2.14.